The highest BCUT2D eigenvalue weighted by Crippen LogP contribution is 2.29. The molecule has 0 aliphatic rings. The Bertz CT molecular complexity index is 631. The van der Waals surface area contributed by atoms with E-state index in [-0.39, 0.29) is 22.2 Å². The Hall–Kier alpha value is -1.66. The molecule has 1 aromatic carbocycles. The second kappa shape index (κ2) is 5.54. The smallest absolute Gasteiger partial charge is 0.337 e. The molecule has 1 N–H and O–H groups in total. The third-order valence-electron chi connectivity index (χ3n) is 2.10. The first-order valence-corrected chi connectivity index (χ1v) is 6.15. The Morgan fingerprint density at radius 2 is 2.11 bits per heavy atom. The minimum Gasteiger partial charge on any atom is -0.478 e. The molecule has 0 saturated heterocycles. The summed E-state index contributed by atoms with van der Waals surface area (Å²) in [6, 6.07) is 5.18. The van der Waals surface area contributed by atoms with Crippen molar-refractivity contribution >= 4 is 33.5 Å². The summed E-state index contributed by atoms with van der Waals surface area (Å²) in [5.41, 5.74) is -0.0576. The van der Waals surface area contributed by atoms with Gasteiger partial charge in [-0.15, -0.1) is 0 Å². The average Bonchev–Trinajstić information content (AvgIpc) is 2.30. The van der Waals surface area contributed by atoms with Gasteiger partial charge in [0.25, 0.3) is 0 Å². The molecule has 0 atom stereocenters. The highest BCUT2D eigenvalue weighted by Gasteiger charge is 2.11. The van der Waals surface area contributed by atoms with Crippen LogP contribution in [0.2, 0.25) is 5.02 Å². The van der Waals surface area contributed by atoms with Crippen LogP contribution in [-0.4, -0.2) is 16.1 Å². The molecule has 0 amide bonds. The Labute approximate surface area is 120 Å². The number of rotatable bonds is 3. The molecule has 0 radical (unpaired) electrons. The summed E-state index contributed by atoms with van der Waals surface area (Å²) in [5.74, 6) is -1.43. The molecule has 1 aromatic heterocycles. The third-order valence-corrected chi connectivity index (χ3v) is 2.83. The van der Waals surface area contributed by atoms with Crippen LogP contribution in [0.1, 0.15) is 10.4 Å². The van der Waals surface area contributed by atoms with Crippen molar-refractivity contribution in [2.24, 2.45) is 0 Å². The fourth-order valence-corrected chi connectivity index (χ4v) is 1.97. The van der Waals surface area contributed by atoms with Gasteiger partial charge < -0.3 is 9.84 Å². The van der Waals surface area contributed by atoms with Crippen LogP contribution in [0.4, 0.5) is 4.39 Å². The lowest BCUT2D eigenvalue weighted by molar-refractivity contribution is 0.0696. The monoisotopic (exact) mass is 345 g/mol. The second-order valence-electron chi connectivity index (χ2n) is 3.52. The van der Waals surface area contributed by atoms with E-state index < -0.39 is 11.8 Å². The van der Waals surface area contributed by atoms with E-state index in [0.717, 1.165) is 12.3 Å². The van der Waals surface area contributed by atoms with Crippen molar-refractivity contribution in [3.8, 4) is 11.6 Å². The molecule has 0 bridgehead atoms. The zero-order valence-electron chi connectivity index (χ0n) is 9.23. The molecule has 0 spiro atoms. The first kappa shape index (κ1) is 13.8. The van der Waals surface area contributed by atoms with Crippen molar-refractivity contribution in [1.82, 2.24) is 4.98 Å². The molecule has 0 fully saturated rings. The average molecular weight is 347 g/mol. The number of carboxylic acids is 1. The van der Waals surface area contributed by atoms with E-state index in [1.54, 1.807) is 0 Å². The fourth-order valence-electron chi connectivity index (χ4n) is 1.32. The Balaban J connectivity index is 2.30. The first-order valence-electron chi connectivity index (χ1n) is 4.98. The molecule has 0 aliphatic heterocycles. The molecule has 2 rings (SSSR count). The van der Waals surface area contributed by atoms with Crippen LogP contribution in [0.15, 0.2) is 34.9 Å². The number of hydrogen-bond acceptors (Lipinski definition) is 3. The van der Waals surface area contributed by atoms with Gasteiger partial charge in [-0.05, 0) is 18.2 Å². The van der Waals surface area contributed by atoms with Crippen LogP contribution in [0, 0.1) is 5.82 Å². The number of nitrogens with zero attached hydrogens (tertiary/aromatic N) is 1. The predicted octanol–water partition coefficient (Wildman–Crippen LogP) is 4.13. The molecule has 4 nitrogen and oxygen atoms in total. The number of benzene rings is 1. The largest absolute Gasteiger partial charge is 0.478 e. The van der Waals surface area contributed by atoms with Gasteiger partial charge in [0.1, 0.15) is 16.6 Å². The molecule has 2 aromatic rings. The van der Waals surface area contributed by atoms with Crippen LogP contribution in [-0.2, 0) is 0 Å². The fraction of sp³-hybridized carbons (Fsp3) is 0. The Morgan fingerprint density at radius 1 is 1.37 bits per heavy atom. The van der Waals surface area contributed by atoms with E-state index in [4.69, 9.17) is 21.4 Å². The van der Waals surface area contributed by atoms with Crippen molar-refractivity contribution in [3.63, 3.8) is 0 Å². The SMILES string of the molecule is O=C(O)c1cnc(Oc2cc(F)cc(Br)c2)c(Cl)c1. The summed E-state index contributed by atoms with van der Waals surface area (Å²) < 4.78 is 19.0. The summed E-state index contributed by atoms with van der Waals surface area (Å²) in [6.45, 7) is 0. The molecule has 19 heavy (non-hydrogen) atoms. The number of carbonyl (C=O) groups is 1. The number of aromatic nitrogens is 1. The van der Waals surface area contributed by atoms with Crippen LogP contribution >= 0.6 is 27.5 Å². The molecule has 0 aliphatic carbocycles. The summed E-state index contributed by atoms with van der Waals surface area (Å²) in [6.07, 6.45) is 1.11. The second-order valence-corrected chi connectivity index (χ2v) is 4.85. The minimum absolute atomic E-state index is 0.00386. The predicted molar refractivity (Wildman–Crippen MR) is 70.4 cm³/mol. The van der Waals surface area contributed by atoms with E-state index in [9.17, 15) is 9.18 Å². The van der Waals surface area contributed by atoms with Gasteiger partial charge >= 0.3 is 5.97 Å². The summed E-state index contributed by atoms with van der Waals surface area (Å²) in [5, 5.41) is 8.80. The zero-order valence-corrected chi connectivity index (χ0v) is 11.6. The maximum atomic E-state index is 13.2. The number of ether oxygens (including phenoxy) is 1. The molecule has 98 valence electrons. The highest BCUT2D eigenvalue weighted by atomic mass is 79.9. The van der Waals surface area contributed by atoms with Gasteiger partial charge in [-0.1, -0.05) is 27.5 Å². The van der Waals surface area contributed by atoms with Crippen LogP contribution in [0.3, 0.4) is 0 Å². The van der Waals surface area contributed by atoms with Crippen molar-refractivity contribution in [2.75, 3.05) is 0 Å². The molecule has 0 saturated carbocycles. The topological polar surface area (TPSA) is 59.4 Å². The summed E-state index contributed by atoms with van der Waals surface area (Å²) in [4.78, 5) is 14.5. The molecule has 1 heterocycles. The third kappa shape index (κ3) is 3.42. The van der Waals surface area contributed by atoms with Crippen molar-refractivity contribution in [2.45, 2.75) is 0 Å². The van der Waals surface area contributed by atoms with E-state index in [1.165, 1.54) is 18.2 Å². The van der Waals surface area contributed by atoms with Gasteiger partial charge in [-0.2, -0.15) is 0 Å². The lowest BCUT2D eigenvalue weighted by Gasteiger charge is -2.07. The van der Waals surface area contributed by atoms with E-state index >= 15 is 0 Å². The van der Waals surface area contributed by atoms with Crippen LogP contribution < -0.4 is 4.74 Å². The molecular weight excluding hydrogens is 340 g/mol. The zero-order chi connectivity index (χ0) is 14.0. The first-order chi connectivity index (χ1) is 8.95. The summed E-state index contributed by atoms with van der Waals surface area (Å²) in [7, 11) is 0. The van der Waals surface area contributed by atoms with Gasteiger partial charge in [0.15, 0.2) is 0 Å². The number of carboxylic acid groups (broad SMARTS) is 1. The van der Waals surface area contributed by atoms with Gasteiger partial charge in [-0.3, -0.25) is 0 Å². The quantitative estimate of drug-likeness (QED) is 0.908. The number of aromatic carboxylic acids is 1. The Morgan fingerprint density at radius 3 is 2.68 bits per heavy atom. The number of pyridine rings is 1. The molecular formula is C12H6BrClFNO3. The van der Waals surface area contributed by atoms with E-state index in [2.05, 4.69) is 20.9 Å². The molecule has 7 heteroatoms. The van der Waals surface area contributed by atoms with E-state index in [0.29, 0.717) is 4.47 Å². The lowest BCUT2D eigenvalue weighted by atomic mass is 10.3. The minimum atomic E-state index is -1.14. The van der Waals surface area contributed by atoms with Crippen molar-refractivity contribution in [3.05, 3.63) is 51.3 Å². The van der Waals surface area contributed by atoms with Crippen molar-refractivity contribution in [1.29, 1.82) is 0 Å². The Kier molecular flexibility index (Phi) is 4.01. The van der Waals surface area contributed by atoms with Crippen molar-refractivity contribution < 1.29 is 19.0 Å². The maximum absolute atomic E-state index is 13.2. The van der Waals surface area contributed by atoms with Gasteiger partial charge in [0, 0.05) is 16.7 Å². The summed E-state index contributed by atoms with van der Waals surface area (Å²) >= 11 is 8.97. The van der Waals surface area contributed by atoms with Gasteiger partial charge in [0.05, 0.1) is 5.56 Å². The number of hydrogen-bond donors (Lipinski definition) is 1. The highest BCUT2D eigenvalue weighted by molar-refractivity contribution is 9.10. The van der Waals surface area contributed by atoms with Crippen LogP contribution in [0.5, 0.6) is 11.6 Å². The standard InChI is InChI=1S/C12H6BrClFNO3/c13-7-2-8(15)4-9(3-7)19-11-10(14)1-6(5-16-11)12(17)18/h1-5H,(H,17,18). The van der Waals surface area contributed by atoms with Crippen LogP contribution in [0.25, 0.3) is 0 Å². The number of halogens is 3. The lowest BCUT2D eigenvalue weighted by Crippen LogP contribution is -1.98. The normalized spacial score (nSPS) is 10.3. The van der Waals surface area contributed by atoms with Gasteiger partial charge in [0.2, 0.25) is 5.88 Å². The maximum Gasteiger partial charge on any atom is 0.337 e. The molecule has 0 unspecified atom stereocenters. The van der Waals surface area contributed by atoms with E-state index in [1.807, 2.05) is 0 Å². The van der Waals surface area contributed by atoms with Gasteiger partial charge in [-0.25, -0.2) is 14.2 Å².